The van der Waals surface area contributed by atoms with Gasteiger partial charge in [0, 0.05) is 60.2 Å². The fraction of sp³-hybridized carbons (Fsp3) is 0.458. The van der Waals surface area contributed by atoms with Gasteiger partial charge in [0.15, 0.2) is 0 Å². The van der Waals surface area contributed by atoms with Crippen molar-refractivity contribution in [1.29, 1.82) is 0 Å². The van der Waals surface area contributed by atoms with E-state index in [1.165, 1.54) is 0 Å². The number of halogens is 2. The van der Waals surface area contributed by atoms with E-state index in [1.54, 1.807) is 21.6 Å². The summed E-state index contributed by atoms with van der Waals surface area (Å²) in [7, 11) is 15.4. The van der Waals surface area contributed by atoms with Gasteiger partial charge in [0.05, 0.1) is 38.6 Å². The van der Waals surface area contributed by atoms with Crippen LogP contribution in [0.4, 0.5) is 8.78 Å². The highest BCUT2D eigenvalue weighted by molar-refractivity contribution is 6.38. The largest absolute Gasteiger partial charge is 0.361 e. The summed E-state index contributed by atoms with van der Waals surface area (Å²) in [5.74, 6) is -2.30. The number of aryl methyl sites for hydroxylation is 3. The fourth-order valence-electron chi connectivity index (χ4n) is 5.12. The van der Waals surface area contributed by atoms with Gasteiger partial charge in [-0.1, -0.05) is 5.16 Å². The maximum Gasteiger partial charge on any atom is 0.248 e. The molecule has 6 nitrogen and oxygen atoms in total. The molecule has 4 heterocycles. The smallest absolute Gasteiger partial charge is 0.248 e. The van der Waals surface area contributed by atoms with Gasteiger partial charge in [0.1, 0.15) is 5.76 Å². The molecule has 4 aromatic heterocycles. The van der Waals surface area contributed by atoms with Crippen molar-refractivity contribution in [2.75, 3.05) is 0 Å². The highest BCUT2D eigenvalue weighted by Crippen LogP contribution is 2.44. The van der Waals surface area contributed by atoms with Crippen molar-refractivity contribution in [3.05, 3.63) is 41.8 Å². The van der Waals surface area contributed by atoms with Crippen molar-refractivity contribution >= 4 is 26.7 Å². The van der Waals surface area contributed by atoms with E-state index in [0.717, 1.165) is 39.2 Å². The average Bonchev–Trinajstić information content (AvgIpc) is 3.43. The molecule has 0 bridgehead atoms. The second-order valence-electron chi connectivity index (χ2n) is 9.49. The molecule has 172 valence electrons. The Balaban J connectivity index is 1.71. The molecule has 0 aromatic carbocycles. The van der Waals surface area contributed by atoms with Crippen molar-refractivity contribution in [3.8, 4) is 22.3 Å². The molecule has 0 atom stereocenters. The zero-order chi connectivity index (χ0) is 24.4. The molecule has 0 unspecified atom stereocenters. The monoisotopic (exact) mass is 459 g/mol. The van der Waals surface area contributed by atoms with Crippen LogP contribution in [-0.4, -0.2) is 46.1 Å². The van der Waals surface area contributed by atoms with Gasteiger partial charge < -0.3 is 9.09 Å². The van der Waals surface area contributed by atoms with Crippen LogP contribution in [0.5, 0.6) is 0 Å². The highest BCUT2D eigenvalue weighted by Gasteiger charge is 2.41. The minimum atomic E-state index is -2.67. The quantitative estimate of drug-likeness (QED) is 0.412. The number of alkyl halides is 2. The van der Waals surface area contributed by atoms with E-state index in [1.807, 2.05) is 40.1 Å². The van der Waals surface area contributed by atoms with Crippen LogP contribution in [0, 0.1) is 26.7 Å². The summed E-state index contributed by atoms with van der Waals surface area (Å²) in [6, 6.07) is 1.97. The summed E-state index contributed by atoms with van der Waals surface area (Å²) >= 11 is 0. The third-order valence-electron chi connectivity index (χ3n) is 7.28. The Kier molecular flexibility index (Phi) is 5.26. The molecule has 5 rings (SSSR count). The lowest BCUT2D eigenvalue weighted by Crippen LogP contribution is -2.45. The molecular weight excluding hydrogens is 434 g/mol. The minimum Gasteiger partial charge on any atom is -0.361 e. The number of pyridine rings is 1. The summed E-state index contributed by atoms with van der Waals surface area (Å²) in [5, 5.41) is 7.06. The van der Waals surface area contributed by atoms with Gasteiger partial charge in [-0.05, 0) is 50.9 Å². The van der Waals surface area contributed by atoms with Crippen molar-refractivity contribution in [2.45, 2.75) is 57.7 Å². The third kappa shape index (κ3) is 3.58. The normalized spacial score (nSPS) is 17.0. The Morgan fingerprint density at radius 2 is 1.82 bits per heavy atom. The van der Waals surface area contributed by atoms with Gasteiger partial charge in [-0.15, -0.1) is 0 Å². The van der Waals surface area contributed by atoms with Crippen LogP contribution in [-0.2, 0) is 12.4 Å². The summed E-state index contributed by atoms with van der Waals surface area (Å²) in [5.41, 5.74) is 6.59. The van der Waals surface area contributed by atoms with E-state index >= 15 is 0 Å². The first-order chi connectivity index (χ1) is 16.0. The molecule has 34 heavy (non-hydrogen) atoms. The second-order valence-corrected chi connectivity index (χ2v) is 9.49. The maximum atomic E-state index is 13.9. The zero-order valence-corrected chi connectivity index (χ0v) is 19.8. The Bertz CT molecular complexity index is 1360. The van der Waals surface area contributed by atoms with Crippen LogP contribution in [0.2, 0.25) is 0 Å². The maximum absolute atomic E-state index is 13.9. The summed E-state index contributed by atoms with van der Waals surface area (Å²) in [4.78, 5) is 4.79. The number of fused-ring (bicyclic) bond motifs is 1. The molecule has 0 aliphatic heterocycles. The van der Waals surface area contributed by atoms with E-state index in [9.17, 15) is 8.78 Å². The Morgan fingerprint density at radius 1 is 1.12 bits per heavy atom. The van der Waals surface area contributed by atoms with Crippen molar-refractivity contribution in [1.82, 2.24) is 24.5 Å². The molecule has 0 N–H and O–H groups in total. The SMILES string of the molecule is [B]C([B])(C1CCC(F)(F)CC1)n1cc(-c2cnn(C)c2C)c2ncc(-c3c(C)noc3C)cc21. The minimum absolute atomic E-state index is 0.218. The number of nitrogens with zero attached hydrogens (tertiary/aromatic N) is 5. The van der Waals surface area contributed by atoms with Crippen LogP contribution in [0.3, 0.4) is 0 Å². The Hall–Kier alpha value is -2.90. The molecule has 1 aliphatic rings. The van der Waals surface area contributed by atoms with Gasteiger partial charge in [-0.2, -0.15) is 5.10 Å². The van der Waals surface area contributed by atoms with E-state index in [0.29, 0.717) is 11.3 Å². The van der Waals surface area contributed by atoms with E-state index in [2.05, 4.69) is 10.3 Å². The zero-order valence-electron chi connectivity index (χ0n) is 19.8. The highest BCUT2D eigenvalue weighted by atomic mass is 19.3. The lowest BCUT2D eigenvalue weighted by molar-refractivity contribution is -0.0498. The van der Waals surface area contributed by atoms with E-state index < -0.39 is 11.3 Å². The van der Waals surface area contributed by atoms with Crippen LogP contribution in [0.1, 0.15) is 42.8 Å². The predicted octanol–water partition coefficient (Wildman–Crippen LogP) is 4.79. The number of hydrogen-bond acceptors (Lipinski definition) is 4. The molecule has 1 saturated carbocycles. The molecule has 0 saturated heterocycles. The Morgan fingerprint density at radius 3 is 2.41 bits per heavy atom. The molecule has 10 heteroatoms. The van der Waals surface area contributed by atoms with Gasteiger partial charge in [-0.25, -0.2) is 8.78 Å². The van der Waals surface area contributed by atoms with Gasteiger partial charge in [0.2, 0.25) is 5.92 Å². The topological polar surface area (TPSA) is 61.7 Å². The predicted molar refractivity (Wildman–Crippen MR) is 128 cm³/mol. The number of hydrogen-bond donors (Lipinski definition) is 0. The molecule has 1 fully saturated rings. The molecular formula is C24H25B2F2N5O. The van der Waals surface area contributed by atoms with Crippen LogP contribution >= 0.6 is 0 Å². The van der Waals surface area contributed by atoms with Gasteiger partial charge >= 0.3 is 0 Å². The molecule has 0 amide bonds. The average molecular weight is 459 g/mol. The summed E-state index contributed by atoms with van der Waals surface area (Å²) in [6.07, 6.45) is 5.51. The van der Waals surface area contributed by atoms with Crippen LogP contribution in [0.15, 0.2) is 29.2 Å². The van der Waals surface area contributed by atoms with E-state index in [4.69, 9.17) is 25.2 Å². The molecule has 4 aromatic rings. The Labute approximate surface area is 199 Å². The van der Waals surface area contributed by atoms with Gasteiger partial charge in [0.25, 0.3) is 0 Å². The number of aromatic nitrogens is 5. The molecule has 1 aliphatic carbocycles. The third-order valence-corrected chi connectivity index (χ3v) is 7.28. The first-order valence-corrected chi connectivity index (χ1v) is 11.4. The second kappa shape index (κ2) is 7.82. The summed E-state index contributed by atoms with van der Waals surface area (Å²) < 4.78 is 36.7. The first kappa shape index (κ1) is 22.9. The van der Waals surface area contributed by atoms with Crippen LogP contribution < -0.4 is 0 Å². The van der Waals surface area contributed by atoms with Crippen LogP contribution in [0.25, 0.3) is 33.3 Å². The van der Waals surface area contributed by atoms with Crippen molar-refractivity contribution in [3.63, 3.8) is 0 Å². The lowest BCUT2D eigenvalue weighted by atomic mass is 9.52. The molecule has 0 spiro atoms. The lowest BCUT2D eigenvalue weighted by Gasteiger charge is -2.42. The first-order valence-electron chi connectivity index (χ1n) is 11.4. The summed E-state index contributed by atoms with van der Waals surface area (Å²) in [6.45, 7) is 5.70. The van der Waals surface area contributed by atoms with Crippen molar-refractivity contribution < 1.29 is 13.3 Å². The fourth-order valence-corrected chi connectivity index (χ4v) is 5.12. The standard InChI is InChI=1S/C24H25B2F2N5O/c1-13-21(15(3)34-31-13)16-9-20-22(29-10-16)19(18-11-30-32(4)14(18)2)12-33(20)24(25,26)17-5-7-23(27,28)8-6-17/h9-12,17H,5-8H2,1-4H3. The van der Waals surface area contributed by atoms with E-state index in [-0.39, 0.29) is 31.6 Å². The molecule has 4 radical (unpaired) electrons. The van der Waals surface area contributed by atoms with Crippen molar-refractivity contribution in [2.24, 2.45) is 13.0 Å². The van der Waals surface area contributed by atoms with Gasteiger partial charge in [-0.3, -0.25) is 9.67 Å². The number of rotatable bonds is 4.